The normalized spacial score (nSPS) is 12.9. The van der Waals surface area contributed by atoms with Crippen molar-refractivity contribution in [2.24, 2.45) is 0 Å². The van der Waals surface area contributed by atoms with Crippen molar-refractivity contribution < 1.29 is 22.8 Å². The van der Waals surface area contributed by atoms with Crippen molar-refractivity contribution in [3.63, 3.8) is 0 Å². The average Bonchev–Trinajstić information content (AvgIpc) is 2.39. The van der Waals surface area contributed by atoms with Crippen molar-refractivity contribution in [1.82, 2.24) is 0 Å². The Labute approximate surface area is 103 Å². The van der Waals surface area contributed by atoms with Crippen LogP contribution in [0.1, 0.15) is 6.42 Å². The van der Waals surface area contributed by atoms with E-state index in [1.807, 2.05) is 0 Å². The number of hydrogen-bond acceptors (Lipinski definition) is 5. The highest BCUT2D eigenvalue weighted by Crippen LogP contribution is 2.18. The maximum Gasteiger partial charge on any atom is 0.500 e. The predicted octanol–water partition coefficient (Wildman–Crippen LogP) is 1.54. The van der Waals surface area contributed by atoms with Crippen LogP contribution in [0.4, 0.5) is 0 Å². The van der Waals surface area contributed by atoms with Gasteiger partial charge in [-0.25, -0.2) is 4.79 Å². The summed E-state index contributed by atoms with van der Waals surface area (Å²) in [6, 6.07) is 0.539. The fraction of sp³-hybridized carbons (Fsp3) is 0.545. The molecule has 0 fully saturated rings. The number of carbonyl (C=O) groups excluding carboxylic acids is 1. The van der Waals surface area contributed by atoms with Crippen LogP contribution in [-0.4, -0.2) is 42.2 Å². The van der Waals surface area contributed by atoms with Crippen LogP contribution < -0.4 is 0 Å². The molecule has 6 heteroatoms. The first kappa shape index (κ1) is 16.0. The lowest BCUT2D eigenvalue weighted by atomic mass is 10.3. The van der Waals surface area contributed by atoms with E-state index in [1.165, 1.54) is 21.3 Å². The summed E-state index contributed by atoms with van der Waals surface area (Å²) in [4.78, 5) is 11.0. The van der Waals surface area contributed by atoms with Crippen LogP contribution in [0.25, 0.3) is 0 Å². The van der Waals surface area contributed by atoms with E-state index in [0.717, 1.165) is 6.08 Å². The second kappa shape index (κ2) is 8.18. The molecule has 0 saturated heterocycles. The van der Waals surface area contributed by atoms with Crippen LogP contribution in [0, 0.1) is 0 Å². The van der Waals surface area contributed by atoms with E-state index in [9.17, 15) is 4.79 Å². The Bertz CT molecular complexity index is 254. The lowest BCUT2D eigenvalue weighted by molar-refractivity contribution is -0.141. The Morgan fingerprint density at radius 2 is 1.76 bits per heavy atom. The van der Waals surface area contributed by atoms with Crippen molar-refractivity contribution in [1.29, 1.82) is 0 Å². The molecule has 0 spiro atoms. The lowest BCUT2D eigenvalue weighted by Gasteiger charge is -2.25. The Balaban J connectivity index is 4.34. The van der Waals surface area contributed by atoms with Gasteiger partial charge in [-0.15, -0.1) is 0 Å². The van der Waals surface area contributed by atoms with E-state index < -0.39 is 20.9 Å². The highest BCUT2D eigenvalue weighted by Gasteiger charge is 2.38. The van der Waals surface area contributed by atoms with E-state index in [4.69, 9.17) is 18.0 Å². The summed E-state index contributed by atoms with van der Waals surface area (Å²) in [6.07, 6.45) is 2.81. The lowest BCUT2D eigenvalue weighted by Crippen LogP contribution is -2.43. The van der Waals surface area contributed by atoms with Gasteiger partial charge in [0.1, 0.15) is 6.10 Å². The summed E-state index contributed by atoms with van der Waals surface area (Å²) in [5.41, 5.74) is 0. The summed E-state index contributed by atoms with van der Waals surface area (Å²) >= 11 is 0. The molecule has 0 rings (SSSR count). The Morgan fingerprint density at radius 1 is 1.24 bits per heavy atom. The molecule has 0 aliphatic rings. The number of carbonyl (C=O) groups is 1. The summed E-state index contributed by atoms with van der Waals surface area (Å²) in [7, 11) is 2.00. The largest absolute Gasteiger partial charge is 0.500 e. The minimum absolute atomic E-state index is 0.396. The van der Waals surface area contributed by atoms with Crippen LogP contribution in [0.15, 0.2) is 25.3 Å². The van der Waals surface area contributed by atoms with Gasteiger partial charge in [-0.05, 0) is 6.42 Å². The van der Waals surface area contributed by atoms with Crippen molar-refractivity contribution >= 4 is 14.8 Å². The molecule has 0 heterocycles. The van der Waals surface area contributed by atoms with Gasteiger partial charge in [-0.3, -0.25) is 0 Å². The molecule has 5 nitrogen and oxygen atoms in total. The third-order valence-corrected chi connectivity index (χ3v) is 5.13. The molecular weight excluding hydrogens is 240 g/mol. The van der Waals surface area contributed by atoms with Crippen molar-refractivity contribution in [3.8, 4) is 0 Å². The van der Waals surface area contributed by atoms with E-state index in [-0.39, 0.29) is 0 Å². The Kier molecular flexibility index (Phi) is 7.73. The van der Waals surface area contributed by atoms with Gasteiger partial charge in [0, 0.05) is 33.4 Å². The molecule has 0 aromatic carbocycles. The molecule has 17 heavy (non-hydrogen) atoms. The van der Waals surface area contributed by atoms with Crippen LogP contribution >= 0.6 is 0 Å². The predicted molar refractivity (Wildman–Crippen MR) is 66.5 cm³/mol. The molecular formula is C11H20O5Si. The van der Waals surface area contributed by atoms with Crippen molar-refractivity contribution in [2.45, 2.75) is 18.6 Å². The molecule has 0 aliphatic carbocycles. The first-order valence-corrected chi connectivity index (χ1v) is 7.11. The Hall–Kier alpha value is -0.953. The molecule has 98 valence electrons. The van der Waals surface area contributed by atoms with Crippen molar-refractivity contribution in [3.05, 3.63) is 25.3 Å². The van der Waals surface area contributed by atoms with Crippen LogP contribution in [0.2, 0.25) is 6.04 Å². The van der Waals surface area contributed by atoms with Gasteiger partial charge < -0.3 is 18.0 Å². The van der Waals surface area contributed by atoms with E-state index in [2.05, 4.69) is 13.2 Å². The van der Waals surface area contributed by atoms with E-state index >= 15 is 0 Å². The SMILES string of the molecule is C=CC(=O)OC(C=C)CC[Si](OC)(OC)OC. The van der Waals surface area contributed by atoms with Crippen molar-refractivity contribution in [2.75, 3.05) is 21.3 Å². The number of ether oxygens (including phenoxy) is 1. The molecule has 1 unspecified atom stereocenters. The van der Waals surface area contributed by atoms with Gasteiger partial charge in [0.25, 0.3) is 0 Å². The van der Waals surface area contributed by atoms with Gasteiger partial charge in [0.05, 0.1) is 0 Å². The summed E-state index contributed by atoms with van der Waals surface area (Å²) in [5.74, 6) is -0.477. The fourth-order valence-corrected chi connectivity index (χ4v) is 3.05. The van der Waals surface area contributed by atoms with Crippen LogP contribution in [-0.2, 0) is 22.8 Å². The zero-order valence-electron chi connectivity index (χ0n) is 10.6. The Morgan fingerprint density at radius 3 is 2.12 bits per heavy atom. The van der Waals surface area contributed by atoms with E-state index in [0.29, 0.717) is 12.5 Å². The molecule has 0 saturated carbocycles. The van der Waals surface area contributed by atoms with Gasteiger partial charge >= 0.3 is 14.8 Å². The van der Waals surface area contributed by atoms with Gasteiger partial charge in [0.15, 0.2) is 0 Å². The van der Waals surface area contributed by atoms with E-state index in [1.54, 1.807) is 6.08 Å². The smallest absolute Gasteiger partial charge is 0.455 e. The molecule has 0 N–H and O–H groups in total. The average molecular weight is 260 g/mol. The molecule has 1 atom stereocenters. The molecule has 0 aliphatic heterocycles. The molecule has 0 radical (unpaired) electrons. The monoisotopic (exact) mass is 260 g/mol. The highest BCUT2D eigenvalue weighted by molar-refractivity contribution is 6.60. The fourth-order valence-electron chi connectivity index (χ4n) is 1.30. The first-order valence-electron chi connectivity index (χ1n) is 5.18. The maximum atomic E-state index is 11.0. The number of rotatable bonds is 9. The molecule has 0 aromatic rings. The van der Waals surface area contributed by atoms with Crippen LogP contribution in [0.3, 0.4) is 0 Å². The third kappa shape index (κ3) is 5.27. The minimum Gasteiger partial charge on any atom is -0.455 e. The van der Waals surface area contributed by atoms with Gasteiger partial charge in [0.2, 0.25) is 0 Å². The summed E-state index contributed by atoms with van der Waals surface area (Å²) < 4.78 is 20.8. The van der Waals surface area contributed by atoms with Gasteiger partial charge in [-0.1, -0.05) is 19.2 Å². The maximum absolute atomic E-state index is 11.0. The molecule has 0 bridgehead atoms. The topological polar surface area (TPSA) is 54.0 Å². The molecule has 0 amide bonds. The number of esters is 1. The summed E-state index contributed by atoms with van der Waals surface area (Å²) in [5, 5.41) is 0. The molecule has 0 aromatic heterocycles. The number of hydrogen-bond donors (Lipinski definition) is 0. The standard InChI is InChI=1S/C11H20O5Si/c1-6-10(16-11(12)7-2)8-9-17(13-3,14-4)15-5/h6-7,10H,1-2,8-9H2,3-5H3. The summed E-state index contributed by atoms with van der Waals surface area (Å²) in [6.45, 7) is 6.94. The van der Waals surface area contributed by atoms with Crippen LogP contribution in [0.5, 0.6) is 0 Å². The zero-order chi connectivity index (χ0) is 13.3. The zero-order valence-corrected chi connectivity index (χ0v) is 11.6. The second-order valence-electron chi connectivity index (χ2n) is 3.25. The highest BCUT2D eigenvalue weighted by atomic mass is 28.4. The van der Waals surface area contributed by atoms with Gasteiger partial charge in [-0.2, -0.15) is 0 Å². The minimum atomic E-state index is -2.62. The second-order valence-corrected chi connectivity index (χ2v) is 6.34. The first-order chi connectivity index (χ1) is 8.07. The third-order valence-electron chi connectivity index (χ3n) is 2.37. The quantitative estimate of drug-likeness (QED) is 0.272.